The third kappa shape index (κ3) is 4.75. The molecule has 36 heavy (non-hydrogen) atoms. The molecule has 1 fully saturated rings. The summed E-state index contributed by atoms with van der Waals surface area (Å²) in [5.74, 6) is -0.501. The highest BCUT2D eigenvalue weighted by Gasteiger charge is 2.26. The van der Waals surface area contributed by atoms with E-state index >= 15 is 0 Å². The summed E-state index contributed by atoms with van der Waals surface area (Å²) in [5, 5.41) is 8.19. The Morgan fingerprint density at radius 2 is 1.69 bits per heavy atom. The van der Waals surface area contributed by atoms with Crippen LogP contribution in [0.5, 0.6) is 0 Å². The van der Waals surface area contributed by atoms with Gasteiger partial charge in [0.2, 0.25) is 10.0 Å². The number of sulfonamides is 1. The summed E-state index contributed by atoms with van der Waals surface area (Å²) in [5.41, 5.74) is 1.02. The van der Waals surface area contributed by atoms with E-state index in [0.717, 1.165) is 31.6 Å². The van der Waals surface area contributed by atoms with Gasteiger partial charge in [0.15, 0.2) is 5.69 Å². The maximum Gasteiger partial charge on any atom is 0.276 e. The van der Waals surface area contributed by atoms with Gasteiger partial charge in [0.1, 0.15) is 0 Å². The number of carbonyl (C=O) groups excluding carboxylic acids is 1. The highest BCUT2D eigenvalue weighted by molar-refractivity contribution is 7.89. The lowest BCUT2D eigenvalue weighted by molar-refractivity contribution is 0.102. The summed E-state index contributed by atoms with van der Waals surface area (Å²) < 4.78 is 29.1. The summed E-state index contributed by atoms with van der Waals surface area (Å²) >= 11 is 0. The largest absolute Gasteiger partial charge is 0.370 e. The molecule has 0 saturated carbocycles. The summed E-state index contributed by atoms with van der Waals surface area (Å²) in [6, 6.07) is 11.5. The van der Waals surface area contributed by atoms with Gasteiger partial charge >= 0.3 is 0 Å². The normalized spacial score (nSPS) is 14.2. The Bertz CT molecular complexity index is 1440. The fourth-order valence-corrected chi connectivity index (χ4v) is 6.11. The first-order valence-electron chi connectivity index (χ1n) is 12.4. The second kappa shape index (κ2) is 10.4. The first kappa shape index (κ1) is 25.8. The minimum absolute atomic E-state index is 0.114. The van der Waals surface area contributed by atoms with E-state index in [9.17, 15) is 18.0 Å². The van der Waals surface area contributed by atoms with Gasteiger partial charge < -0.3 is 10.2 Å². The van der Waals surface area contributed by atoms with E-state index in [2.05, 4.69) is 15.3 Å². The van der Waals surface area contributed by atoms with Crippen LogP contribution in [0.15, 0.2) is 52.2 Å². The van der Waals surface area contributed by atoms with Crippen LogP contribution in [-0.4, -0.2) is 54.6 Å². The Labute approximate surface area is 211 Å². The fraction of sp³-hybridized carbons (Fsp3) is 0.423. The molecule has 2 aromatic carbocycles. The molecule has 1 aliphatic rings. The predicted octanol–water partition coefficient (Wildman–Crippen LogP) is 3.86. The van der Waals surface area contributed by atoms with Crippen LogP contribution >= 0.6 is 0 Å². The molecule has 1 amide bonds. The Morgan fingerprint density at radius 3 is 2.31 bits per heavy atom. The number of hydrogen-bond donors (Lipinski definition) is 1. The minimum atomic E-state index is -3.72. The van der Waals surface area contributed by atoms with Crippen LogP contribution in [0.1, 0.15) is 57.1 Å². The number of nitrogens with zero attached hydrogens (tertiary/aromatic N) is 4. The van der Waals surface area contributed by atoms with Gasteiger partial charge in [-0.2, -0.15) is 9.40 Å². The molecule has 10 heteroatoms. The van der Waals surface area contributed by atoms with Crippen LogP contribution in [0.4, 0.5) is 11.4 Å². The Kier molecular flexibility index (Phi) is 7.46. The zero-order chi connectivity index (χ0) is 26.0. The lowest BCUT2D eigenvalue weighted by Gasteiger charge is -2.24. The summed E-state index contributed by atoms with van der Waals surface area (Å²) in [6.45, 7) is 9.60. The maximum absolute atomic E-state index is 13.6. The first-order chi connectivity index (χ1) is 17.2. The van der Waals surface area contributed by atoms with Gasteiger partial charge in [-0.15, -0.1) is 0 Å². The third-order valence-electron chi connectivity index (χ3n) is 6.54. The zero-order valence-corrected chi connectivity index (χ0v) is 22.0. The highest BCUT2D eigenvalue weighted by Crippen LogP contribution is 2.33. The van der Waals surface area contributed by atoms with E-state index in [1.807, 2.05) is 13.8 Å². The second-order valence-electron chi connectivity index (χ2n) is 9.15. The van der Waals surface area contributed by atoms with E-state index < -0.39 is 15.9 Å². The van der Waals surface area contributed by atoms with Crippen molar-refractivity contribution in [2.24, 2.45) is 0 Å². The third-order valence-corrected chi connectivity index (χ3v) is 8.58. The van der Waals surface area contributed by atoms with Gasteiger partial charge in [-0.3, -0.25) is 9.59 Å². The number of hydrogen-bond acceptors (Lipinski definition) is 6. The SMILES string of the molecule is CCN(CC)S(=O)(=O)c1ccc(N2CCCC2)c(NC(=O)c2nn(C(C)C)c(=O)c3ccccc23)c1. The summed E-state index contributed by atoms with van der Waals surface area (Å²) in [4.78, 5) is 28.8. The average Bonchev–Trinajstić information content (AvgIpc) is 3.39. The van der Waals surface area contributed by atoms with Gasteiger partial charge in [0.25, 0.3) is 11.5 Å². The number of fused-ring (bicyclic) bond motifs is 1. The Morgan fingerprint density at radius 1 is 1.06 bits per heavy atom. The first-order valence-corrected chi connectivity index (χ1v) is 13.8. The van der Waals surface area contributed by atoms with Crippen molar-refractivity contribution in [3.05, 3.63) is 58.5 Å². The van der Waals surface area contributed by atoms with E-state index in [1.54, 1.807) is 50.2 Å². The van der Waals surface area contributed by atoms with E-state index in [4.69, 9.17) is 0 Å². The van der Waals surface area contributed by atoms with E-state index in [1.165, 1.54) is 15.1 Å². The number of amides is 1. The number of nitrogens with one attached hydrogen (secondary N) is 1. The molecule has 1 aliphatic heterocycles. The van der Waals surface area contributed by atoms with Crippen molar-refractivity contribution >= 4 is 38.1 Å². The van der Waals surface area contributed by atoms with Crippen LogP contribution < -0.4 is 15.8 Å². The molecule has 0 aliphatic carbocycles. The van der Waals surface area contributed by atoms with Crippen molar-refractivity contribution < 1.29 is 13.2 Å². The molecule has 1 N–H and O–H groups in total. The highest BCUT2D eigenvalue weighted by atomic mass is 32.2. The van der Waals surface area contributed by atoms with Crippen molar-refractivity contribution in [1.29, 1.82) is 0 Å². The molecule has 0 spiro atoms. The molecule has 192 valence electrons. The van der Waals surface area contributed by atoms with Crippen LogP contribution in [0.25, 0.3) is 10.8 Å². The lowest BCUT2D eigenvalue weighted by atomic mass is 10.1. The zero-order valence-electron chi connectivity index (χ0n) is 21.2. The molecular weight excluding hydrogens is 478 g/mol. The van der Waals surface area contributed by atoms with Crippen LogP contribution in [0, 0.1) is 0 Å². The number of benzene rings is 2. The van der Waals surface area contributed by atoms with Gasteiger partial charge in [0, 0.05) is 31.6 Å². The number of anilines is 2. The standard InChI is InChI=1S/C26H33N5O4S/c1-5-30(6-2)36(34,35)19-13-14-23(29-15-9-10-16-29)22(17-19)27-25(32)24-20-11-7-8-12-21(20)26(33)31(28-24)18(3)4/h7-8,11-14,17-18H,5-6,9-10,15-16H2,1-4H3,(H,27,32). The maximum atomic E-state index is 13.6. The van der Waals surface area contributed by atoms with Crippen LogP contribution in [0.2, 0.25) is 0 Å². The summed E-state index contributed by atoms with van der Waals surface area (Å²) in [6.07, 6.45) is 2.05. The van der Waals surface area contributed by atoms with E-state index in [0.29, 0.717) is 29.5 Å². The molecule has 1 aromatic heterocycles. The Balaban J connectivity index is 1.83. The van der Waals surface area contributed by atoms with Crippen molar-refractivity contribution in [2.45, 2.75) is 51.5 Å². The lowest BCUT2D eigenvalue weighted by Crippen LogP contribution is -2.31. The molecule has 2 heterocycles. The number of aromatic nitrogens is 2. The van der Waals surface area contributed by atoms with Crippen molar-refractivity contribution in [3.8, 4) is 0 Å². The van der Waals surface area contributed by atoms with Gasteiger partial charge in [-0.25, -0.2) is 13.1 Å². The average molecular weight is 512 g/mol. The minimum Gasteiger partial charge on any atom is -0.370 e. The topological polar surface area (TPSA) is 105 Å². The molecule has 0 radical (unpaired) electrons. The van der Waals surface area contributed by atoms with Gasteiger partial charge in [-0.05, 0) is 51.0 Å². The molecule has 1 saturated heterocycles. The van der Waals surface area contributed by atoms with Gasteiger partial charge in [0.05, 0.1) is 27.7 Å². The number of rotatable bonds is 8. The van der Waals surface area contributed by atoms with E-state index in [-0.39, 0.29) is 22.2 Å². The van der Waals surface area contributed by atoms with Crippen molar-refractivity contribution in [3.63, 3.8) is 0 Å². The number of carbonyl (C=O) groups is 1. The summed E-state index contributed by atoms with van der Waals surface area (Å²) in [7, 11) is -3.72. The van der Waals surface area contributed by atoms with Crippen LogP contribution in [-0.2, 0) is 10.0 Å². The monoisotopic (exact) mass is 511 g/mol. The van der Waals surface area contributed by atoms with Crippen LogP contribution in [0.3, 0.4) is 0 Å². The van der Waals surface area contributed by atoms with Crippen molar-refractivity contribution in [2.75, 3.05) is 36.4 Å². The molecule has 3 aromatic rings. The molecule has 0 unspecified atom stereocenters. The smallest absolute Gasteiger partial charge is 0.276 e. The molecule has 0 bridgehead atoms. The molecule has 9 nitrogen and oxygen atoms in total. The quantitative estimate of drug-likeness (QED) is 0.492. The molecule has 4 rings (SSSR count). The van der Waals surface area contributed by atoms with Crippen molar-refractivity contribution in [1.82, 2.24) is 14.1 Å². The fourth-order valence-electron chi connectivity index (χ4n) is 4.63. The van der Waals surface area contributed by atoms with Gasteiger partial charge in [-0.1, -0.05) is 32.0 Å². The predicted molar refractivity (Wildman–Crippen MR) is 142 cm³/mol. The Hall–Kier alpha value is -3.24. The molecule has 0 atom stereocenters. The second-order valence-corrected chi connectivity index (χ2v) is 11.1. The molecular formula is C26H33N5O4S.